The molecule has 1 atom stereocenters. The van der Waals surface area contributed by atoms with Gasteiger partial charge in [0.05, 0.1) is 11.0 Å². The third-order valence-corrected chi connectivity index (χ3v) is 5.45. The predicted molar refractivity (Wildman–Crippen MR) is 90.9 cm³/mol. The number of thioether (sulfide) groups is 1. The lowest BCUT2D eigenvalue weighted by Crippen LogP contribution is -2.39. The summed E-state index contributed by atoms with van der Waals surface area (Å²) in [6, 6.07) is 8.88. The van der Waals surface area contributed by atoms with Gasteiger partial charge in [-0.1, -0.05) is 50.1 Å². The Morgan fingerprint density at radius 2 is 2.10 bits per heavy atom. The molecular formula is C17H25N3S. The van der Waals surface area contributed by atoms with E-state index < -0.39 is 0 Å². The van der Waals surface area contributed by atoms with Gasteiger partial charge in [-0.25, -0.2) is 4.98 Å². The maximum absolute atomic E-state index is 4.67. The van der Waals surface area contributed by atoms with Crippen LogP contribution in [-0.2, 0) is 0 Å². The molecular weight excluding hydrogens is 278 g/mol. The Labute approximate surface area is 131 Å². The molecule has 0 radical (unpaired) electrons. The normalized spacial score (nSPS) is 18.1. The number of aromatic amines is 1. The van der Waals surface area contributed by atoms with Crippen molar-refractivity contribution in [3.8, 4) is 0 Å². The number of nitrogens with zero attached hydrogens (tertiary/aromatic N) is 1. The molecule has 1 unspecified atom stereocenters. The standard InChI is InChI=1S/C17H25N3S/c1-2-18-16(13-8-4-3-5-9-13)12-21-17-19-14-10-6-7-11-15(14)20-17/h6-7,10-11,13,16,18H,2-5,8-9,12H2,1H3,(H,19,20). The molecule has 1 aliphatic rings. The number of benzene rings is 1. The number of rotatable bonds is 6. The molecule has 114 valence electrons. The fourth-order valence-electron chi connectivity index (χ4n) is 3.33. The number of nitrogens with one attached hydrogen (secondary N) is 2. The fraction of sp³-hybridized carbons (Fsp3) is 0.588. The number of imidazole rings is 1. The number of aromatic nitrogens is 2. The van der Waals surface area contributed by atoms with Gasteiger partial charge in [-0.3, -0.25) is 0 Å². The number of para-hydroxylation sites is 2. The summed E-state index contributed by atoms with van der Waals surface area (Å²) >= 11 is 1.86. The van der Waals surface area contributed by atoms with Crippen LogP contribution in [-0.4, -0.2) is 28.3 Å². The van der Waals surface area contributed by atoms with E-state index in [1.165, 1.54) is 32.1 Å². The number of H-pyrrole nitrogens is 1. The maximum atomic E-state index is 4.67. The van der Waals surface area contributed by atoms with Gasteiger partial charge in [-0.2, -0.15) is 0 Å². The average molecular weight is 303 g/mol. The molecule has 3 nitrogen and oxygen atoms in total. The van der Waals surface area contributed by atoms with Gasteiger partial charge in [0, 0.05) is 11.8 Å². The largest absolute Gasteiger partial charge is 0.333 e. The number of fused-ring (bicyclic) bond motifs is 1. The fourth-order valence-corrected chi connectivity index (χ4v) is 4.40. The van der Waals surface area contributed by atoms with Crippen LogP contribution >= 0.6 is 11.8 Å². The number of hydrogen-bond donors (Lipinski definition) is 2. The summed E-state index contributed by atoms with van der Waals surface area (Å²) in [5, 5.41) is 4.74. The van der Waals surface area contributed by atoms with Crippen molar-refractivity contribution in [2.45, 2.75) is 50.2 Å². The molecule has 21 heavy (non-hydrogen) atoms. The minimum Gasteiger partial charge on any atom is -0.333 e. The van der Waals surface area contributed by atoms with E-state index in [1.807, 2.05) is 17.8 Å². The van der Waals surface area contributed by atoms with E-state index in [4.69, 9.17) is 0 Å². The van der Waals surface area contributed by atoms with Crippen LogP contribution in [0.25, 0.3) is 11.0 Å². The third kappa shape index (κ3) is 3.80. The number of hydrogen-bond acceptors (Lipinski definition) is 3. The molecule has 1 aromatic heterocycles. The quantitative estimate of drug-likeness (QED) is 0.785. The van der Waals surface area contributed by atoms with Gasteiger partial charge in [0.25, 0.3) is 0 Å². The Balaban J connectivity index is 1.62. The van der Waals surface area contributed by atoms with Gasteiger partial charge in [0.2, 0.25) is 0 Å². The average Bonchev–Trinajstić information content (AvgIpc) is 2.95. The molecule has 1 fully saturated rings. The van der Waals surface area contributed by atoms with Crippen molar-refractivity contribution in [1.29, 1.82) is 0 Å². The van der Waals surface area contributed by atoms with E-state index in [2.05, 4.69) is 40.4 Å². The molecule has 1 heterocycles. The van der Waals surface area contributed by atoms with E-state index in [0.29, 0.717) is 6.04 Å². The Morgan fingerprint density at radius 1 is 1.29 bits per heavy atom. The van der Waals surface area contributed by atoms with Gasteiger partial charge in [-0.15, -0.1) is 0 Å². The predicted octanol–water partition coefficient (Wildman–Crippen LogP) is 4.21. The minimum atomic E-state index is 0.619. The van der Waals surface area contributed by atoms with Crippen LogP contribution in [0.15, 0.2) is 29.4 Å². The summed E-state index contributed by atoms with van der Waals surface area (Å²) in [5.41, 5.74) is 2.20. The molecule has 3 rings (SSSR count). The summed E-state index contributed by atoms with van der Waals surface area (Å²) in [5.74, 6) is 1.95. The Morgan fingerprint density at radius 3 is 2.86 bits per heavy atom. The van der Waals surface area contributed by atoms with E-state index in [-0.39, 0.29) is 0 Å². The van der Waals surface area contributed by atoms with E-state index in [0.717, 1.165) is 34.4 Å². The summed E-state index contributed by atoms with van der Waals surface area (Å²) < 4.78 is 0. The molecule has 4 heteroatoms. The second-order valence-corrected chi connectivity index (χ2v) is 6.94. The van der Waals surface area contributed by atoms with E-state index in [9.17, 15) is 0 Å². The van der Waals surface area contributed by atoms with E-state index in [1.54, 1.807) is 0 Å². The van der Waals surface area contributed by atoms with Crippen LogP contribution < -0.4 is 5.32 Å². The van der Waals surface area contributed by atoms with Crippen molar-refractivity contribution in [3.63, 3.8) is 0 Å². The molecule has 0 spiro atoms. The van der Waals surface area contributed by atoms with Gasteiger partial charge >= 0.3 is 0 Å². The Bertz CT molecular complexity index is 527. The van der Waals surface area contributed by atoms with Crippen LogP contribution in [0.1, 0.15) is 39.0 Å². The molecule has 1 aliphatic carbocycles. The van der Waals surface area contributed by atoms with Crippen LogP contribution in [0, 0.1) is 5.92 Å². The van der Waals surface area contributed by atoms with E-state index >= 15 is 0 Å². The third-order valence-electron chi connectivity index (χ3n) is 4.45. The highest BCUT2D eigenvalue weighted by molar-refractivity contribution is 7.99. The summed E-state index contributed by atoms with van der Waals surface area (Å²) in [6.07, 6.45) is 7.01. The molecule has 0 aliphatic heterocycles. The Hall–Kier alpha value is -1.00. The molecule has 0 bridgehead atoms. The summed E-state index contributed by atoms with van der Waals surface area (Å²) in [6.45, 7) is 3.27. The van der Waals surface area contributed by atoms with Crippen molar-refractivity contribution >= 4 is 22.8 Å². The zero-order chi connectivity index (χ0) is 14.5. The van der Waals surface area contributed by atoms with Gasteiger partial charge in [0.1, 0.15) is 0 Å². The highest BCUT2D eigenvalue weighted by Crippen LogP contribution is 2.29. The van der Waals surface area contributed by atoms with Crippen LogP contribution in [0.3, 0.4) is 0 Å². The van der Waals surface area contributed by atoms with Crippen molar-refractivity contribution < 1.29 is 0 Å². The minimum absolute atomic E-state index is 0.619. The topological polar surface area (TPSA) is 40.7 Å². The molecule has 0 amide bonds. The van der Waals surface area contributed by atoms with Crippen LogP contribution in [0.5, 0.6) is 0 Å². The molecule has 1 saturated carbocycles. The lowest BCUT2D eigenvalue weighted by Gasteiger charge is -2.30. The molecule has 1 aromatic carbocycles. The van der Waals surface area contributed by atoms with Crippen molar-refractivity contribution in [3.05, 3.63) is 24.3 Å². The zero-order valence-corrected chi connectivity index (χ0v) is 13.6. The molecule has 2 N–H and O–H groups in total. The highest BCUT2D eigenvalue weighted by Gasteiger charge is 2.23. The second-order valence-electron chi connectivity index (χ2n) is 5.93. The SMILES string of the molecule is CCNC(CSc1nc2ccccc2[nH]1)C1CCCCC1. The summed E-state index contributed by atoms with van der Waals surface area (Å²) in [7, 11) is 0. The Kier molecular flexibility index (Phi) is 5.20. The maximum Gasteiger partial charge on any atom is 0.166 e. The first kappa shape index (κ1) is 14.9. The van der Waals surface area contributed by atoms with Crippen LogP contribution in [0.4, 0.5) is 0 Å². The highest BCUT2D eigenvalue weighted by atomic mass is 32.2. The first-order chi connectivity index (χ1) is 10.4. The monoisotopic (exact) mass is 303 g/mol. The van der Waals surface area contributed by atoms with Crippen molar-refractivity contribution in [2.24, 2.45) is 5.92 Å². The van der Waals surface area contributed by atoms with Gasteiger partial charge in [-0.05, 0) is 37.4 Å². The molecule has 2 aromatic rings. The lowest BCUT2D eigenvalue weighted by atomic mass is 9.84. The summed E-state index contributed by atoms with van der Waals surface area (Å²) in [4.78, 5) is 8.09. The zero-order valence-electron chi connectivity index (χ0n) is 12.8. The van der Waals surface area contributed by atoms with Crippen molar-refractivity contribution in [2.75, 3.05) is 12.3 Å². The lowest BCUT2D eigenvalue weighted by molar-refractivity contribution is 0.288. The van der Waals surface area contributed by atoms with Crippen LogP contribution in [0.2, 0.25) is 0 Å². The van der Waals surface area contributed by atoms with Gasteiger partial charge in [0.15, 0.2) is 5.16 Å². The van der Waals surface area contributed by atoms with Crippen molar-refractivity contribution in [1.82, 2.24) is 15.3 Å². The smallest absolute Gasteiger partial charge is 0.166 e. The molecule has 0 saturated heterocycles. The first-order valence-corrected chi connectivity index (χ1v) is 9.16. The first-order valence-electron chi connectivity index (χ1n) is 8.17. The second kappa shape index (κ2) is 7.32. The van der Waals surface area contributed by atoms with Gasteiger partial charge < -0.3 is 10.3 Å².